The lowest BCUT2D eigenvalue weighted by atomic mass is 10.1. The molecule has 0 bridgehead atoms. The molecule has 0 amide bonds. The van der Waals surface area contributed by atoms with Gasteiger partial charge in [0.15, 0.2) is 0 Å². The van der Waals surface area contributed by atoms with E-state index >= 15 is 0 Å². The average molecular weight is 216 g/mol. The minimum atomic E-state index is -1.18. The Morgan fingerprint density at radius 1 is 1.46 bits per heavy atom. The maximum Gasteiger partial charge on any atom is 0.337 e. The third kappa shape index (κ3) is 1.74. The molecule has 1 aromatic rings. The van der Waals surface area contributed by atoms with Gasteiger partial charge in [0.1, 0.15) is 6.07 Å². The van der Waals surface area contributed by atoms with Crippen molar-refractivity contribution in [3.05, 3.63) is 33.3 Å². The number of halogens is 2. The summed E-state index contributed by atoms with van der Waals surface area (Å²) in [6.45, 7) is 0. The highest BCUT2D eigenvalue weighted by molar-refractivity contribution is 6.38. The van der Waals surface area contributed by atoms with Crippen molar-refractivity contribution < 1.29 is 9.90 Å². The monoisotopic (exact) mass is 215 g/mol. The molecule has 0 saturated carbocycles. The highest BCUT2D eigenvalue weighted by Crippen LogP contribution is 2.27. The molecule has 1 N–H and O–H groups in total. The number of aromatic carboxylic acids is 1. The van der Waals surface area contributed by atoms with Crippen LogP contribution in [0.5, 0.6) is 0 Å². The maximum atomic E-state index is 10.6. The second-order valence-electron chi connectivity index (χ2n) is 2.20. The minimum Gasteiger partial charge on any atom is -0.478 e. The lowest BCUT2D eigenvalue weighted by Gasteiger charge is -2.01. The summed E-state index contributed by atoms with van der Waals surface area (Å²) in [6.07, 6.45) is 0. The molecular weight excluding hydrogens is 213 g/mol. The third-order valence-electron chi connectivity index (χ3n) is 1.43. The fraction of sp³-hybridized carbons (Fsp3) is 0. The van der Waals surface area contributed by atoms with E-state index in [0.717, 1.165) is 0 Å². The van der Waals surface area contributed by atoms with Crippen molar-refractivity contribution in [3.8, 4) is 6.07 Å². The number of carboxylic acid groups (broad SMARTS) is 1. The van der Waals surface area contributed by atoms with Gasteiger partial charge >= 0.3 is 5.97 Å². The van der Waals surface area contributed by atoms with Gasteiger partial charge in [-0.25, -0.2) is 4.79 Å². The van der Waals surface area contributed by atoms with E-state index in [4.69, 9.17) is 33.6 Å². The maximum absolute atomic E-state index is 10.6. The number of hydrogen-bond donors (Lipinski definition) is 1. The van der Waals surface area contributed by atoms with Gasteiger partial charge in [0, 0.05) is 0 Å². The predicted octanol–water partition coefficient (Wildman–Crippen LogP) is 2.56. The van der Waals surface area contributed by atoms with Crippen molar-refractivity contribution in [3.63, 3.8) is 0 Å². The topological polar surface area (TPSA) is 61.1 Å². The molecule has 0 fully saturated rings. The Morgan fingerprint density at radius 2 is 2.08 bits per heavy atom. The molecule has 13 heavy (non-hydrogen) atoms. The van der Waals surface area contributed by atoms with Crippen molar-refractivity contribution >= 4 is 29.2 Å². The molecule has 1 rings (SSSR count). The van der Waals surface area contributed by atoms with Crippen LogP contribution in [0.3, 0.4) is 0 Å². The summed E-state index contributed by atoms with van der Waals surface area (Å²) < 4.78 is 0. The normalized spacial score (nSPS) is 9.31. The van der Waals surface area contributed by atoms with Crippen LogP contribution in [0.4, 0.5) is 0 Å². The van der Waals surface area contributed by atoms with Crippen molar-refractivity contribution in [2.45, 2.75) is 0 Å². The third-order valence-corrected chi connectivity index (χ3v) is 2.14. The molecule has 0 aliphatic heterocycles. The van der Waals surface area contributed by atoms with Gasteiger partial charge < -0.3 is 5.11 Å². The highest BCUT2D eigenvalue weighted by Gasteiger charge is 2.14. The van der Waals surface area contributed by atoms with Gasteiger partial charge in [-0.2, -0.15) is 5.26 Å². The fourth-order valence-electron chi connectivity index (χ4n) is 0.820. The van der Waals surface area contributed by atoms with Crippen LogP contribution in [0.1, 0.15) is 15.9 Å². The van der Waals surface area contributed by atoms with Crippen LogP contribution >= 0.6 is 23.2 Å². The van der Waals surface area contributed by atoms with Crippen LogP contribution in [0.2, 0.25) is 10.0 Å². The quantitative estimate of drug-likeness (QED) is 0.784. The van der Waals surface area contributed by atoms with E-state index in [1.165, 1.54) is 12.1 Å². The molecule has 0 saturated heterocycles. The Labute approximate surface area is 84.1 Å². The summed E-state index contributed by atoms with van der Waals surface area (Å²) in [5.74, 6) is -1.18. The van der Waals surface area contributed by atoms with Gasteiger partial charge in [0.25, 0.3) is 0 Å². The van der Waals surface area contributed by atoms with Gasteiger partial charge in [-0.15, -0.1) is 0 Å². The Kier molecular flexibility index (Phi) is 2.76. The Hall–Kier alpha value is -1.24. The highest BCUT2D eigenvalue weighted by atomic mass is 35.5. The number of benzene rings is 1. The standard InChI is InChI=1S/C8H3Cl2NO2/c9-6-2-1-4(8(12)13)7(10)5(6)3-11/h1-2H,(H,12,13). The molecule has 0 atom stereocenters. The van der Waals surface area contributed by atoms with Gasteiger partial charge in [0.05, 0.1) is 21.2 Å². The first-order chi connectivity index (χ1) is 6.07. The van der Waals surface area contributed by atoms with Crippen LogP contribution in [0.25, 0.3) is 0 Å². The summed E-state index contributed by atoms with van der Waals surface area (Å²) in [5.41, 5.74) is -0.133. The van der Waals surface area contributed by atoms with E-state index in [1.807, 2.05) is 0 Å². The van der Waals surface area contributed by atoms with Crippen LogP contribution in [-0.4, -0.2) is 11.1 Å². The van der Waals surface area contributed by atoms with Crippen LogP contribution in [-0.2, 0) is 0 Å². The van der Waals surface area contributed by atoms with E-state index in [2.05, 4.69) is 0 Å². The van der Waals surface area contributed by atoms with Crippen molar-refractivity contribution in [1.29, 1.82) is 5.26 Å². The number of hydrogen-bond acceptors (Lipinski definition) is 2. The lowest BCUT2D eigenvalue weighted by molar-refractivity contribution is 0.0697. The van der Waals surface area contributed by atoms with E-state index in [1.54, 1.807) is 6.07 Å². The zero-order chi connectivity index (χ0) is 10.0. The fourth-order valence-corrected chi connectivity index (χ4v) is 1.36. The second-order valence-corrected chi connectivity index (χ2v) is 2.99. The summed E-state index contributed by atoms with van der Waals surface area (Å²) >= 11 is 11.2. The van der Waals surface area contributed by atoms with E-state index < -0.39 is 5.97 Å². The Morgan fingerprint density at radius 3 is 2.54 bits per heavy atom. The number of carboxylic acids is 1. The van der Waals surface area contributed by atoms with Crippen LogP contribution < -0.4 is 0 Å². The predicted molar refractivity (Wildman–Crippen MR) is 48.1 cm³/mol. The summed E-state index contributed by atoms with van der Waals surface area (Å²) in [7, 11) is 0. The van der Waals surface area contributed by atoms with Crippen molar-refractivity contribution in [1.82, 2.24) is 0 Å². The molecule has 0 unspecified atom stereocenters. The zero-order valence-electron chi connectivity index (χ0n) is 6.21. The molecule has 0 aromatic heterocycles. The summed E-state index contributed by atoms with van der Waals surface area (Å²) in [6, 6.07) is 4.32. The number of nitriles is 1. The van der Waals surface area contributed by atoms with Crippen LogP contribution in [0, 0.1) is 11.3 Å². The first-order valence-corrected chi connectivity index (χ1v) is 3.95. The lowest BCUT2D eigenvalue weighted by Crippen LogP contribution is -1.98. The van der Waals surface area contributed by atoms with E-state index in [-0.39, 0.29) is 21.2 Å². The van der Waals surface area contributed by atoms with Gasteiger partial charge in [-0.05, 0) is 12.1 Å². The number of nitrogens with zero attached hydrogens (tertiary/aromatic N) is 1. The largest absolute Gasteiger partial charge is 0.478 e. The molecule has 0 heterocycles. The summed E-state index contributed by atoms with van der Waals surface area (Å²) in [5, 5.41) is 17.3. The summed E-state index contributed by atoms with van der Waals surface area (Å²) in [4.78, 5) is 10.6. The molecule has 0 spiro atoms. The SMILES string of the molecule is N#Cc1c(Cl)ccc(C(=O)O)c1Cl. The molecule has 5 heteroatoms. The van der Waals surface area contributed by atoms with E-state index in [0.29, 0.717) is 0 Å². The molecule has 3 nitrogen and oxygen atoms in total. The molecule has 0 aliphatic carbocycles. The molecule has 66 valence electrons. The first-order valence-electron chi connectivity index (χ1n) is 3.19. The number of carbonyl (C=O) groups is 1. The Bertz CT molecular complexity index is 409. The Balaban J connectivity index is 3.47. The van der Waals surface area contributed by atoms with Gasteiger partial charge in [0.2, 0.25) is 0 Å². The van der Waals surface area contributed by atoms with Crippen molar-refractivity contribution in [2.75, 3.05) is 0 Å². The molecule has 0 aliphatic rings. The first kappa shape index (κ1) is 9.85. The molecule has 0 radical (unpaired) electrons. The number of rotatable bonds is 1. The minimum absolute atomic E-state index is 0.0109. The molecular formula is C8H3Cl2NO2. The van der Waals surface area contributed by atoms with Crippen LogP contribution in [0.15, 0.2) is 12.1 Å². The van der Waals surface area contributed by atoms with E-state index in [9.17, 15) is 4.79 Å². The second kappa shape index (κ2) is 3.65. The van der Waals surface area contributed by atoms with Crippen molar-refractivity contribution in [2.24, 2.45) is 0 Å². The zero-order valence-corrected chi connectivity index (χ0v) is 7.73. The smallest absolute Gasteiger partial charge is 0.337 e. The van der Waals surface area contributed by atoms with Gasteiger partial charge in [-0.3, -0.25) is 0 Å². The average Bonchev–Trinajstić information content (AvgIpc) is 2.04. The molecule has 1 aromatic carbocycles. The van der Waals surface area contributed by atoms with Gasteiger partial charge in [-0.1, -0.05) is 23.2 Å².